The summed E-state index contributed by atoms with van der Waals surface area (Å²) in [4.78, 5) is 34.4. The number of benzene rings is 1. The third-order valence-corrected chi connectivity index (χ3v) is 4.74. The largest absolute Gasteiger partial charge is 0.451 e. The van der Waals surface area contributed by atoms with E-state index in [0.29, 0.717) is 12.2 Å². The van der Waals surface area contributed by atoms with Crippen molar-refractivity contribution in [2.45, 2.75) is 44.7 Å². The van der Waals surface area contributed by atoms with E-state index in [1.165, 1.54) is 45.0 Å². The van der Waals surface area contributed by atoms with Crippen molar-refractivity contribution in [3.63, 3.8) is 0 Å². The van der Waals surface area contributed by atoms with Gasteiger partial charge in [0.2, 0.25) is 15.9 Å². The summed E-state index contributed by atoms with van der Waals surface area (Å²) in [5.74, 6) is -1.62. The van der Waals surface area contributed by atoms with Gasteiger partial charge in [-0.05, 0) is 45.0 Å². The molecule has 26 heavy (non-hydrogen) atoms. The lowest BCUT2D eigenvalue weighted by Gasteiger charge is -2.17. The van der Waals surface area contributed by atoms with Gasteiger partial charge in [0.15, 0.2) is 6.10 Å². The number of carbonyl (C=O) groups is 3. The molecule has 0 saturated carbocycles. The minimum atomic E-state index is -3.98. The fraction of sp³-hybridized carbons (Fsp3) is 0.438. The quantitative estimate of drug-likeness (QED) is 0.555. The molecule has 0 saturated heterocycles. The third-order valence-electron chi connectivity index (χ3n) is 3.18. The van der Waals surface area contributed by atoms with E-state index in [9.17, 15) is 22.8 Å². The summed E-state index contributed by atoms with van der Waals surface area (Å²) < 4.78 is 31.8. The van der Waals surface area contributed by atoms with Crippen LogP contribution in [-0.4, -0.2) is 44.9 Å². The SMILES string of the molecule is CCNC(=O)[C@@H](C)OC(=O)[C@H](C)NS(=O)(=O)c1ccc(NC(C)=O)cc1. The van der Waals surface area contributed by atoms with Gasteiger partial charge in [0, 0.05) is 19.2 Å². The Balaban J connectivity index is 2.74. The number of carbonyl (C=O) groups excluding carboxylic acids is 3. The average Bonchev–Trinajstić information content (AvgIpc) is 2.54. The molecular weight excluding hydrogens is 362 g/mol. The van der Waals surface area contributed by atoms with Gasteiger partial charge in [0.1, 0.15) is 6.04 Å². The second-order valence-electron chi connectivity index (χ2n) is 5.52. The number of hydrogen-bond donors (Lipinski definition) is 3. The van der Waals surface area contributed by atoms with Crippen LogP contribution in [0.15, 0.2) is 29.2 Å². The maximum absolute atomic E-state index is 12.3. The predicted molar refractivity (Wildman–Crippen MR) is 94.8 cm³/mol. The molecule has 0 heterocycles. The second-order valence-corrected chi connectivity index (χ2v) is 7.24. The van der Waals surface area contributed by atoms with Crippen LogP contribution in [0.1, 0.15) is 27.7 Å². The lowest BCUT2D eigenvalue weighted by atomic mass is 10.3. The first kappa shape index (κ1) is 21.6. The molecule has 0 bridgehead atoms. The number of ether oxygens (including phenoxy) is 1. The Kier molecular flexibility index (Phi) is 7.72. The molecular formula is C16H23N3O6S. The molecule has 0 aliphatic heterocycles. The Hall–Kier alpha value is -2.46. The highest BCUT2D eigenvalue weighted by Gasteiger charge is 2.26. The van der Waals surface area contributed by atoms with Crippen LogP contribution in [0.5, 0.6) is 0 Å². The monoisotopic (exact) mass is 385 g/mol. The van der Waals surface area contributed by atoms with Gasteiger partial charge in [-0.25, -0.2) is 8.42 Å². The molecule has 144 valence electrons. The summed E-state index contributed by atoms with van der Waals surface area (Å²) >= 11 is 0. The highest BCUT2D eigenvalue weighted by atomic mass is 32.2. The first-order chi connectivity index (χ1) is 12.1. The molecule has 10 heteroatoms. The molecule has 0 spiro atoms. The molecule has 3 N–H and O–H groups in total. The second kappa shape index (κ2) is 9.30. The highest BCUT2D eigenvalue weighted by Crippen LogP contribution is 2.14. The number of esters is 1. The number of amides is 2. The van der Waals surface area contributed by atoms with Crippen LogP contribution in [-0.2, 0) is 29.1 Å². The zero-order valence-corrected chi connectivity index (χ0v) is 15.8. The van der Waals surface area contributed by atoms with Crippen molar-refractivity contribution in [3.05, 3.63) is 24.3 Å². The summed E-state index contributed by atoms with van der Waals surface area (Å²) in [5.41, 5.74) is 0.444. The van der Waals surface area contributed by atoms with Gasteiger partial charge in [0.25, 0.3) is 5.91 Å². The van der Waals surface area contributed by atoms with Crippen molar-refractivity contribution >= 4 is 33.5 Å². The van der Waals surface area contributed by atoms with Crippen LogP contribution in [0, 0.1) is 0 Å². The Morgan fingerprint density at radius 3 is 2.19 bits per heavy atom. The summed E-state index contributed by atoms with van der Waals surface area (Å²) in [7, 11) is -3.98. The molecule has 1 rings (SSSR count). The first-order valence-electron chi connectivity index (χ1n) is 7.95. The molecule has 0 aliphatic rings. The van der Waals surface area contributed by atoms with Crippen LogP contribution in [0.3, 0.4) is 0 Å². The molecule has 2 atom stereocenters. The Morgan fingerprint density at radius 1 is 1.12 bits per heavy atom. The third kappa shape index (κ3) is 6.45. The topological polar surface area (TPSA) is 131 Å². The highest BCUT2D eigenvalue weighted by molar-refractivity contribution is 7.89. The van der Waals surface area contributed by atoms with E-state index in [2.05, 4.69) is 15.4 Å². The lowest BCUT2D eigenvalue weighted by molar-refractivity contribution is -0.156. The van der Waals surface area contributed by atoms with E-state index in [-0.39, 0.29) is 10.8 Å². The zero-order valence-electron chi connectivity index (χ0n) is 15.0. The number of anilines is 1. The zero-order chi connectivity index (χ0) is 19.9. The number of hydrogen-bond acceptors (Lipinski definition) is 6. The molecule has 1 aromatic rings. The van der Waals surface area contributed by atoms with E-state index in [1.807, 2.05) is 0 Å². The lowest BCUT2D eigenvalue weighted by Crippen LogP contribution is -2.43. The molecule has 0 radical (unpaired) electrons. The summed E-state index contributed by atoms with van der Waals surface area (Å²) in [6, 6.07) is 4.25. The Bertz CT molecular complexity index is 761. The summed E-state index contributed by atoms with van der Waals surface area (Å²) in [6.45, 7) is 6.15. The molecule has 0 aliphatic carbocycles. The van der Waals surface area contributed by atoms with Gasteiger partial charge >= 0.3 is 5.97 Å². The normalized spacial score (nSPS) is 13.4. The number of likely N-dealkylation sites (N-methyl/N-ethyl adjacent to an activating group) is 1. The van der Waals surface area contributed by atoms with Gasteiger partial charge in [-0.2, -0.15) is 4.72 Å². The average molecular weight is 385 g/mol. The molecule has 1 aromatic carbocycles. The molecule has 0 fully saturated rings. The number of nitrogens with one attached hydrogen (secondary N) is 3. The van der Waals surface area contributed by atoms with Gasteiger partial charge in [-0.1, -0.05) is 0 Å². The molecule has 0 unspecified atom stereocenters. The van der Waals surface area contributed by atoms with E-state index in [0.717, 1.165) is 0 Å². The minimum Gasteiger partial charge on any atom is -0.451 e. The van der Waals surface area contributed by atoms with Crippen molar-refractivity contribution in [3.8, 4) is 0 Å². The van der Waals surface area contributed by atoms with Crippen LogP contribution in [0.25, 0.3) is 0 Å². The van der Waals surface area contributed by atoms with E-state index < -0.39 is 34.0 Å². The van der Waals surface area contributed by atoms with E-state index >= 15 is 0 Å². The van der Waals surface area contributed by atoms with E-state index in [1.54, 1.807) is 6.92 Å². The summed E-state index contributed by atoms with van der Waals surface area (Å²) in [5, 5.41) is 5.02. The number of sulfonamides is 1. The van der Waals surface area contributed by atoms with Gasteiger partial charge in [-0.3, -0.25) is 14.4 Å². The molecule has 0 aromatic heterocycles. The van der Waals surface area contributed by atoms with Crippen molar-refractivity contribution in [1.82, 2.24) is 10.0 Å². The van der Waals surface area contributed by atoms with E-state index in [4.69, 9.17) is 4.74 Å². The van der Waals surface area contributed by atoms with Gasteiger partial charge in [0.05, 0.1) is 4.90 Å². The van der Waals surface area contributed by atoms with Crippen LogP contribution >= 0.6 is 0 Å². The fourth-order valence-corrected chi connectivity index (χ4v) is 3.11. The molecule has 9 nitrogen and oxygen atoms in total. The predicted octanol–water partition coefficient (Wildman–Crippen LogP) is 0.380. The molecule has 2 amide bonds. The summed E-state index contributed by atoms with van der Waals surface area (Å²) in [6.07, 6.45) is -1.04. The maximum Gasteiger partial charge on any atom is 0.324 e. The standard InChI is InChI=1S/C16H23N3O6S/c1-5-17-15(21)11(3)25-16(22)10(2)19-26(23,24)14-8-6-13(7-9-14)18-12(4)20/h6-11,19H,5H2,1-4H3,(H,17,21)(H,18,20)/t10-,11+/m0/s1. The number of rotatable bonds is 8. The first-order valence-corrected chi connectivity index (χ1v) is 9.43. The van der Waals surface area contributed by atoms with Crippen LogP contribution < -0.4 is 15.4 Å². The van der Waals surface area contributed by atoms with Gasteiger partial charge < -0.3 is 15.4 Å². The minimum absolute atomic E-state index is 0.0805. The van der Waals surface area contributed by atoms with Crippen molar-refractivity contribution in [2.24, 2.45) is 0 Å². The fourth-order valence-electron chi connectivity index (χ4n) is 1.92. The van der Waals surface area contributed by atoms with Crippen molar-refractivity contribution < 1.29 is 27.5 Å². The van der Waals surface area contributed by atoms with Gasteiger partial charge in [-0.15, -0.1) is 0 Å². The Labute approximate surface area is 152 Å². The van der Waals surface area contributed by atoms with Crippen molar-refractivity contribution in [1.29, 1.82) is 0 Å². The van der Waals surface area contributed by atoms with Crippen molar-refractivity contribution in [2.75, 3.05) is 11.9 Å². The maximum atomic E-state index is 12.3. The van der Waals surface area contributed by atoms with Crippen LogP contribution in [0.2, 0.25) is 0 Å². The van der Waals surface area contributed by atoms with Crippen LogP contribution in [0.4, 0.5) is 5.69 Å². The smallest absolute Gasteiger partial charge is 0.324 e. The Morgan fingerprint density at radius 2 is 1.69 bits per heavy atom.